The first-order valence-corrected chi connectivity index (χ1v) is 34.7. The lowest BCUT2D eigenvalue weighted by Crippen LogP contribution is -2.34. The summed E-state index contributed by atoms with van der Waals surface area (Å²) in [6.45, 7) is 59.2. The van der Waals surface area contributed by atoms with Crippen molar-refractivity contribution in [2.75, 3.05) is 45.8 Å². The maximum atomic E-state index is 5.29. The number of rotatable bonds is 31. The number of aromatic nitrogens is 6. The molecule has 516 valence electrons. The van der Waals surface area contributed by atoms with Crippen LogP contribution < -0.4 is 26.6 Å². The van der Waals surface area contributed by atoms with Crippen LogP contribution in [0.15, 0.2) is 143 Å². The van der Waals surface area contributed by atoms with Crippen LogP contribution in [0.5, 0.6) is 0 Å². The van der Waals surface area contributed by atoms with E-state index in [4.69, 9.17) is 4.42 Å². The summed E-state index contributed by atoms with van der Waals surface area (Å²) in [5, 5.41) is 20.9. The lowest BCUT2D eigenvalue weighted by molar-refractivity contribution is 0.199. The van der Waals surface area contributed by atoms with Crippen LogP contribution in [-0.2, 0) is 39.0 Å². The number of furan rings is 1. The molecule has 1 aliphatic rings. The van der Waals surface area contributed by atoms with Gasteiger partial charge in [0, 0.05) is 154 Å². The predicted molar refractivity (Wildman–Crippen MR) is 395 cm³/mol. The lowest BCUT2D eigenvalue weighted by Gasteiger charge is -2.27. The van der Waals surface area contributed by atoms with Crippen LogP contribution in [-0.4, -0.2) is 133 Å². The third-order valence-corrected chi connectivity index (χ3v) is 14.9. The first-order valence-electron chi connectivity index (χ1n) is 34.7. The largest absolute Gasteiger partial charge is 0.469 e. The Morgan fingerprint density at radius 1 is 0.467 bits per heavy atom. The van der Waals surface area contributed by atoms with Crippen LogP contribution in [0.2, 0.25) is 0 Å². The Morgan fingerprint density at radius 2 is 0.924 bits per heavy atom. The molecule has 0 saturated heterocycles. The van der Waals surface area contributed by atoms with Gasteiger partial charge in [0.05, 0.1) is 30.7 Å². The van der Waals surface area contributed by atoms with Crippen LogP contribution >= 0.6 is 0 Å². The third-order valence-electron chi connectivity index (χ3n) is 14.9. The minimum Gasteiger partial charge on any atom is -0.469 e. The van der Waals surface area contributed by atoms with Gasteiger partial charge in [-0.2, -0.15) is 5.10 Å². The van der Waals surface area contributed by atoms with Gasteiger partial charge in [-0.05, 0) is 177 Å². The molecule has 0 fully saturated rings. The molecule has 1 aliphatic heterocycles. The van der Waals surface area contributed by atoms with E-state index in [2.05, 4.69) is 242 Å². The van der Waals surface area contributed by atoms with Gasteiger partial charge in [0.25, 0.3) is 0 Å². The van der Waals surface area contributed by atoms with E-state index in [0.717, 1.165) is 114 Å². The molecule has 0 saturated carbocycles. The fourth-order valence-corrected chi connectivity index (χ4v) is 9.03. The molecule has 0 amide bonds. The summed E-state index contributed by atoms with van der Waals surface area (Å²) in [6, 6.07) is 30.2. The third kappa shape index (κ3) is 44.7. The van der Waals surface area contributed by atoms with Crippen LogP contribution in [0.25, 0.3) is 0 Å². The Morgan fingerprint density at radius 3 is 1.34 bits per heavy atom. The number of aliphatic imine (C=N–C) groups is 1. The zero-order valence-corrected chi connectivity index (χ0v) is 62.0. The molecule has 15 heteroatoms. The average Bonchev–Trinajstić information content (AvgIpc) is 2.01. The van der Waals surface area contributed by atoms with Crippen molar-refractivity contribution in [2.45, 2.75) is 253 Å². The van der Waals surface area contributed by atoms with E-state index in [0.29, 0.717) is 42.3 Å². The molecule has 7 heterocycles. The second-order valence-corrected chi connectivity index (χ2v) is 26.9. The number of nitrogens with zero attached hydrogens (tertiary/aromatic N) is 9. The Bertz CT molecular complexity index is 2670. The molecule has 6 aromatic rings. The fraction of sp³-hybridized carbons (Fsp3) is 0.610. The molecule has 5 N–H and O–H groups in total. The molecule has 0 spiro atoms. The lowest BCUT2D eigenvalue weighted by atomic mass is 10.0. The standard InChI is InChI=1S/C15H26N2.C14H24N2.C11H20N2.C10H16N2.C10H17NO.C9H14N2.C8H15N3/c1-13(2)8-11-17(14(3)4)12-9-15-7-5-6-10-16-15;1-12(2)8-10-16(13(3)4)11-14-7-5-6-9-15-14;1-8(2)12-6-5-11-9(3)7-13-10(11)4;1-9(2)11-8-6-10-5-3-4-7-12-10;1-7(2)11-5-10-8(3)6-12-9(10)4;1-8(2)11-7-9-5-3-4-6-10-9;1-8(2)9-5-7-11-6-3-4-10-11/h5-7,10,13-14H,8-9,11-12H2,1-4H3;5-7,9,12-13H,8,10-11H2,1-4H3;8,12H,5-7H2,1-4H3;3-5,7,9,11H,6,8H2,1-2H3;6-7,11H,5H2,1-4H3;3-6,8,11H,7H2,1-2H3;3-4,6,8-9H,5,7H2,1-2H3. The summed E-state index contributed by atoms with van der Waals surface area (Å²) in [7, 11) is 0. The Balaban J connectivity index is 0.000000540. The van der Waals surface area contributed by atoms with Crippen LogP contribution in [0.4, 0.5) is 0 Å². The summed E-state index contributed by atoms with van der Waals surface area (Å²) in [4.78, 5) is 26.6. The highest BCUT2D eigenvalue weighted by Crippen LogP contribution is 2.18. The predicted octanol–water partition coefficient (Wildman–Crippen LogP) is 15.4. The van der Waals surface area contributed by atoms with Gasteiger partial charge >= 0.3 is 0 Å². The van der Waals surface area contributed by atoms with E-state index in [1.807, 2.05) is 97.4 Å². The SMILES string of the molecule is CC(C)CCN(CCc1ccccn1)C(C)C.CC(C)CCN(Cc1ccccn1)C(C)C.CC(C)NCCc1ccccn1.CC(C)NCCn1cccn1.CC(C)NCc1ccccn1.CC1=NCC(C)=C1CCNC(C)C.Cc1coc(C)c1CNC(C)C. The van der Waals surface area contributed by atoms with Gasteiger partial charge < -0.3 is 35.9 Å². The van der Waals surface area contributed by atoms with Crippen molar-refractivity contribution < 1.29 is 4.42 Å². The van der Waals surface area contributed by atoms with E-state index in [1.165, 1.54) is 58.8 Å². The highest BCUT2D eigenvalue weighted by atomic mass is 16.3. The van der Waals surface area contributed by atoms with E-state index >= 15 is 0 Å². The minimum absolute atomic E-state index is 0.525. The van der Waals surface area contributed by atoms with Gasteiger partial charge in [0.15, 0.2) is 0 Å². The molecule has 7 rings (SSSR count). The summed E-state index contributed by atoms with van der Waals surface area (Å²) in [5.41, 5.74) is 11.3. The molecular formula is C77H132N14O. The molecular weight excluding hydrogens is 1140 g/mol. The molecule has 0 aliphatic carbocycles. The highest BCUT2D eigenvalue weighted by Gasteiger charge is 2.14. The van der Waals surface area contributed by atoms with Crippen molar-refractivity contribution in [3.05, 3.63) is 173 Å². The monoisotopic (exact) mass is 1270 g/mol. The van der Waals surface area contributed by atoms with E-state index in [-0.39, 0.29) is 0 Å². The van der Waals surface area contributed by atoms with E-state index in [9.17, 15) is 0 Å². The zero-order chi connectivity index (χ0) is 68.6. The number of pyridine rings is 4. The van der Waals surface area contributed by atoms with Gasteiger partial charge in [0.1, 0.15) is 5.76 Å². The van der Waals surface area contributed by atoms with Crippen LogP contribution in [0.1, 0.15) is 197 Å². The molecule has 0 atom stereocenters. The highest BCUT2D eigenvalue weighted by molar-refractivity contribution is 6.00. The first kappa shape index (κ1) is 84.2. The zero-order valence-electron chi connectivity index (χ0n) is 62.0. The second-order valence-electron chi connectivity index (χ2n) is 26.9. The summed E-state index contributed by atoms with van der Waals surface area (Å²) >= 11 is 0. The second kappa shape index (κ2) is 51.6. The maximum Gasteiger partial charge on any atom is 0.105 e. The molecule has 0 bridgehead atoms. The number of aryl methyl sites for hydroxylation is 2. The fourth-order valence-electron chi connectivity index (χ4n) is 9.03. The summed E-state index contributed by atoms with van der Waals surface area (Å²) in [6.07, 6.45) is 18.7. The smallest absolute Gasteiger partial charge is 0.105 e. The molecule has 0 aromatic carbocycles. The molecule has 0 radical (unpaired) electrons. The Labute approximate surface area is 562 Å². The molecule has 6 aromatic heterocycles. The van der Waals surface area contributed by atoms with Crippen molar-refractivity contribution in [1.29, 1.82) is 0 Å². The number of hydrogen-bond acceptors (Lipinski definition) is 14. The maximum absolute atomic E-state index is 5.29. The quantitative estimate of drug-likeness (QED) is 0.0280. The van der Waals surface area contributed by atoms with Crippen molar-refractivity contribution >= 4 is 5.71 Å². The van der Waals surface area contributed by atoms with E-state index < -0.39 is 0 Å². The Hall–Kier alpha value is -5.78. The van der Waals surface area contributed by atoms with Gasteiger partial charge in [-0.1, -0.05) is 121 Å². The van der Waals surface area contributed by atoms with Crippen molar-refractivity contribution in [3.8, 4) is 0 Å². The van der Waals surface area contributed by atoms with Crippen molar-refractivity contribution in [2.24, 2.45) is 16.8 Å². The minimum atomic E-state index is 0.525. The van der Waals surface area contributed by atoms with Gasteiger partial charge in [0.2, 0.25) is 0 Å². The van der Waals surface area contributed by atoms with Gasteiger partial charge in [-0.15, -0.1) is 0 Å². The van der Waals surface area contributed by atoms with Gasteiger partial charge in [-0.3, -0.25) is 34.5 Å². The van der Waals surface area contributed by atoms with Crippen molar-refractivity contribution in [3.63, 3.8) is 0 Å². The van der Waals surface area contributed by atoms with E-state index in [1.54, 1.807) is 6.20 Å². The normalized spacial score (nSPS) is 12.0. The summed E-state index contributed by atoms with van der Waals surface area (Å²) in [5.74, 6) is 2.58. The van der Waals surface area contributed by atoms with Gasteiger partial charge in [-0.25, -0.2) is 0 Å². The average molecular weight is 1270 g/mol. The first-order chi connectivity index (χ1) is 43.8. The molecule has 15 nitrogen and oxygen atoms in total. The van der Waals surface area contributed by atoms with Crippen LogP contribution in [0.3, 0.4) is 0 Å². The molecule has 92 heavy (non-hydrogen) atoms. The number of hydrogen-bond donors (Lipinski definition) is 5. The van der Waals surface area contributed by atoms with Crippen molar-refractivity contribution in [1.82, 2.24) is 66.1 Å². The number of nitrogens with one attached hydrogen (secondary N) is 5. The Kier molecular flexibility index (Phi) is 47.3. The summed E-state index contributed by atoms with van der Waals surface area (Å²) < 4.78 is 7.21. The van der Waals surface area contributed by atoms with Crippen LogP contribution in [0, 0.1) is 25.7 Å². The topological polar surface area (TPSA) is 162 Å². The molecule has 0 unspecified atom stereocenters.